The second-order valence-electron chi connectivity index (χ2n) is 4.65. The van der Waals surface area contributed by atoms with Crippen LogP contribution in [0.1, 0.15) is 12.8 Å². The molecular weight excluding hydrogens is 226 g/mol. The van der Waals surface area contributed by atoms with Crippen LogP contribution in [-0.2, 0) is 0 Å². The van der Waals surface area contributed by atoms with Gasteiger partial charge in [-0.05, 0) is 32.0 Å². The van der Waals surface area contributed by atoms with Crippen LogP contribution >= 0.6 is 0 Å². The van der Waals surface area contributed by atoms with Gasteiger partial charge in [-0.1, -0.05) is 18.2 Å². The Bertz CT molecular complexity index is 509. The number of ether oxygens (including phenoxy) is 1. The predicted molar refractivity (Wildman–Crippen MR) is 69.8 cm³/mol. The third-order valence-electron chi connectivity index (χ3n) is 3.31. The van der Waals surface area contributed by atoms with Gasteiger partial charge in [0.1, 0.15) is 0 Å². The maximum atomic E-state index is 5.93. The first kappa shape index (κ1) is 11.3. The van der Waals surface area contributed by atoms with Crippen molar-refractivity contribution in [1.29, 1.82) is 0 Å². The van der Waals surface area contributed by atoms with Crippen LogP contribution in [0.15, 0.2) is 42.7 Å². The van der Waals surface area contributed by atoms with Crippen molar-refractivity contribution in [3.05, 3.63) is 42.7 Å². The lowest BCUT2D eigenvalue weighted by Crippen LogP contribution is -2.30. The van der Waals surface area contributed by atoms with Gasteiger partial charge in [0.05, 0.1) is 18.1 Å². The van der Waals surface area contributed by atoms with Crippen LogP contribution < -0.4 is 4.74 Å². The van der Waals surface area contributed by atoms with Gasteiger partial charge in [0, 0.05) is 6.54 Å². The first-order valence-corrected chi connectivity index (χ1v) is 6.30. The van der Waals surface area contributed by atoms with E-state index in [0.29, 0.717) is 0 Å². The van der Waals surface area contributed by atoms with Crippen molar-refractivity contribution >= 4 is 0 Å². The molecule has 4 nitrogen and oxygen atoms in total. The van der Waals surface area contributed by atoms with E-state index in [2.05, 4.69) is 17.0 Å². The Labute approximate surface area is 107 Å². The minimum atomic E-state index is 0.193. The normalized spacial score (nSPS) is 20.2. The molecule has 1 fully saturated rings. The summed E-state index contributed by atoms with van der Waals surface area (Å²) in [7, 11) is 2.10. The fourth-order valence-corrected chi connectivity index (χ4v) is 2.27. The molecular formula is C14H17N3O. The van der Waals surface area contributed by atoms with E-state index in [1.54, 1.807) is 6.20 Å². The van der Waals surface area contributed by atoms with Crippen molar-refractivity contribution in [2.24, 2.45) is 0 Å². The molecule has 1 unspecified atom stereocenters. The average molecular weight is 243 g/mol. The van der Waals surface area contributed by atoms with Crippen LogP contribution in [-0.4, -0.2) is 34.5 Å². The molecule has 0 spiro atoms. The topological polar surface area (TPSA) is 30.3 Å². The fourth-order valence-electron chi connectivity index (χ4n) is 2.27. The molecule has 1 aliphatic heterocycles. The number of para-hydroxylation sites is 1. The van der Waals surface area contributed by atoms with Crippen LogP contribution in [0.5, 0.6) is 5.75 Å². The SMILES string of the molecule is CN1CCCC1Oc1cnn(-c2ccccc2)c1. The molecule has 0 saturated carbocycles. The molecule has 0 bridgehead atoms. The Morgan fingerprint density at radius 1 is 1.28 bits per heavy atom. The third-order valence-corrected chi connectivity index (χ3v) is 3.31. The average Bonchev–Trinajstić information content (AvgIpc) is 3.02. The summed E-state index contributed by atoms with van der Waals surface area (Å²) in [5.41, 5.74) is 1.05. The van der Waals surface area contributed by atoms with Crippen molar-refractivity contribution in [3.8, 4) is 11.4 Å². The van der Waals surface area contributed by atoms with E-state index >= 15 is 0 Å². The van der Waals surface area contributed by atoms with Gasteiger partial charge < -0.3 is 4.74 Å². The highest BCUT2D eigenvalue weighted by atomic mass is 16.5. The summed E-state index contributed by atoms with van der Waals surface area (Å²) in [5.74, 6) is 0.831. The summed E-state index contributed by atoms with van der Waals surface area (Å²) in [6, 6.07) is 10.1. The molecule has 1 aromatic heterocycles. The van der Waals surface area contributed by atoms with Crippen molar-refractivity contribution in [3.63, 3.8) is 0 Å². The molecule has 4 heteroatoms. The molecule has 0 N–H and O–H groups in total. The van der Waals surface area contributed by atoms with E-state index in [0.717, 1.165) is 24.4 Å². The molecule has 1 aliphatic rings. The van der Waals surface area contributed by atoms with Crippen molar-refractivity contribution < 1.29 is 4.74 Å². The summed E-state index contributed by atoms with van der Waals surface area (Å²) in [6.07, 6.45) is 6.19. The minimum absolute atomic E-state index is 0.193. The molecule has 0 amide bonds. The first-order chi connectivity index (χ1) is 8.83. The molecule has 2 heterocycles. The van der Waals surface area contributed by atoms with Gasteiger partial charge in [0.15, 0.2) is 12.0 Å². The molecule has 94 valence electrons. The summed E-state index contributed by atoms with van der Waals surface area (Å²) >= 11 is 0. The summed E-state index contributed by atoms with van der Waals surface area (Å²) in [5, 5.41) is 4.33. The molecule has 2 aromatic rings. The number of hydrogen-bond acceptors (Lipinski definition) is 3. The number of aromatic nitrogens is 2. The van der Waals surface area contributed by atoms with E-state index in [9.17, 15) is 0 Å². The Hall–Kier alpha value is -1.81. The zero-order valence-corrected chi connectivity index (χ0v) is 10.5. The highest BCUT2D eigenvalue weighted by Gasteiger charge is 2.22. The fraction of sp³-hybridized carbons (Fsp3) is 0.357. The lowest BCUT2D eigenvalue weighted by Gasteiger charge is -2.19. The van der Waals surface area contributed by atoms with E-state index in [1.807, 2.05) is 41.2 Å². The summed E-state index contributed by atoms with van der Waals surface area (Å²) in [4.78, 5) is 2.24. The van der Waals surface area contributed by atoms with Crippen molar-refractivity contribution in [2.45, 2.75) is 19.1 Å². The smallest absolute Gasteiger partial charge is 0.160 e. The zero-order chi connectivity index (χ0) is 12.4. The zero-order valence-electron chi connectivity index (χ0n) is 10.5. The van der Waals surface area contributed by atoms with Crippen LogP contribution in [0, 0.1) is 0 Å². The van der Waals surface area contributed by atoms with Gasteiger partial charge in [-0.15, -0.1) is 0 Å². The molecule has 0 radical (unpaired) electrons. The quantitative estimate of drug-likeness (QED) is 0.828. The molecule has 1 saturated heterocycles. The monoisotopic (exact) mass is 243 g/mol. The van der Waals surface area contributed by atoms with E-state index in [1.165, 1.54) is 6.42 Å². The van der Waals surface area contributed by atoms with Gasteiger partial charge >= 0.3 is 0 Å². The van der Waals surface area contributed by atoms with Gasteiger partial charge in [-0.2, -0.15) is 5.10 Å². The molecule has 3 rings (SSSR count). The summed E-state index contributed by atoms with van der Waals surface area (Å²) < 4.78 is 7.77. The maximum Gasteiger partial charge on any atom is 0.160 e. The van der Waals surface area contributed by atoms with Crippen LogP contribution in [0.4, 0.5) is 0 Å². The number of benzene rings is 1. The Morgan fingerprint density at radius 2 is 2.11 bits per heavy atom. The Morgan fingerprint density at radius 3 is 2.83 bits per heavy atom. The van der Waals surface area contributed by atoms with Gasteiger partial charge in [0.2, 0.25) is 0 Å². The largest absolute Gasteiger partial charge is 0.472 e. The number of likely N-dealkylation sites (tertiary alicyclic amines) is 1. The number of hydrogen-bond donors (Lipinski definition) is 0. The van der Waals surface area contributed by atoms with E-state index < -0.39 is 0 Å². The first-order valence-electron chi connectivity index (χ1n) is 6.30. The van der Waals surface area contributed by atoms with Gasteiger partial charge in [-0.25, -0.2) is 4.68 Å². The maximum absolute atomic E-state index is 5.93. The van der Waals surface area contributed by atoms with Gasteiger partial charge in [0.25, 0.3) is 0 Å². The molecule has 1 atom stereocenters. The Kier molecular flexibility index (Phi) is 3.02. The number of nitrogens with zero attached hydrogens (tertiary/aromatic N) is 3. The van der Waals surface area contributed by atoms with Crippen LogP contribution in [0.25, 0.3) is 5.69 Å². The lowest BCUT2D eigenvalue weighted by molar-refractivity contribution is 0.0812. The van der Waals surface area contributed by atoms with Crippen molar-refractivity contribution in [1.82, 2.24) is 14.7 Å². The second kappa shape index (κ2) is 4.82. The van der Waals surface area contributed by atoms with Crippen molar-refractivity contribution in [2.75, 3.05) is 13.6 Å². The molecule has 0 aliphatic carbocycles. The highest BCUT2D eigenvalue weighted by molar-refractivity contribution is 5.32. The molecule has 1 aromatic carbocycles. The van der Waals surface area contributed by atoms with Gasteiger partial charge in [-0.3, -0.25) is 4.90 Å². The third kappa shape index (κ3) is 2.24. The van der Waals surface area contributed by atoms with E-state index in [-0.39, 0.29) is 6.23 Å². The lowest BCUT2D eigenvalue weighted by atomic mass is 10.3. The summed E-state index contributed by atoms with van der Waals surface area (Å²) in [6.45, 7) is 1.11. The minimum Gasteiger partial charge on any atom is -0.472 e. The van der Waals surface area contributed by atoms with Crippen LogP contribution in [0.3, 0.4) is 0 Å². The predicted octanol–water partition coefficient (Wildman–Crippen LogP) is 2.30. The molecule has 18 heavy (non-hydrogen) atoms. The number of rotatable bonds is 3. The van der Waals surface area contributed by atoms with Crippen LogP contribution in [0.2, 0.25) is 0 Å². The highest BCUT2D eigenvalue weighted by Crippen LogP contribution is 2.21. The van der Waals surface area contributed by atoms with E-state index in [4.69, 9.17) is 4.74 Å². The Balaban J connectivity index is 1.74. The second-order valence-corrected chi connectivity index (χ2v) is 4.65. The standard InChI is InChI=1S/C14H17N3O/c1-16-9-5-8-14(16)18-13-10-15-17(11-13)12-6-3-2-4-7-12/h2-4,6-7,10-11,14H,5,8-9H2,1H3.